The molecule has 2 unspecified atom stereocenters. The van der Waals surface area contributed by atoms with Crippen LogP contribution in [0, 0.1) is 5.92 Å². The molecule has 2 rings (SSSR count). The molecular formula is C16H23BrN2O. The summed E-state index contributed by atoms with van der Waals surface area (Å²) in [7, 11) is 0. The van der Waals surface area contributed by atoms with E-state index in [9.17, 15) is 4.79 Å². The van der Waals surface area contributed by atoms with Crippen LogP contribution in [0.25, 0.3) is 0 Å². The lowest BCUT2D eigenvalue weighted by Crippen LogP contribution is -2.34. The molecule has 0 bridgehead atoms. The highest BCUT2D eigenvalue weighted by molar-refractivity contribution is 9.10. The molecule has 2 N–H and O–H groups in total. The lowest BCUT2D eigenvalue weighted by atomic mass is 10.0. The summed E-state index contributed by atoms with van der Waals surface area (Å²) in [6.07, 6.45) is 3.55. The normalized spacial score (nSPS) is 19.1. The number of hydrogen-bond donors (Lipinski definition) is 2. The van der Waals surface area contributed by atoms with Crippen molar-refractivity contribution in [2.24, 2.45) is 5.92 Å². The number of hydrogen-bond acceptors (Lipinski definition) is 2. The summed E-state index contributed by atoms with van der Waals surface area (Å²) >= 11 is 3.43. The Bertz CT molecular complexity index is 487. The van der Waals surface area contributed by atoms with E-state index in [-0.39, 0.29) is 11.9 Å². The summed E-state index contributed by atoms with van der Waals surface area (Å²) in [4.78, 5) is 12.1. The molecule has 110 valence electrons. The van der Waals surface area contributed by atoms with Gasteiger partial charge in [-0.15, -0.1) is 0 Å². The standard InChI is InChI=1S/C16H23BrN2O/c1-10(2)5-4-6-11(3)18-15-13-8-7-12(17)9-14(13)19-16(15)20/h7-11,15,18H,4-6H2,1-3H3,(H,19,20). The van der Waals surface area contributed by atoms with Crippen molar-refractivity contribution in [3.63, 3.8) is 0 Å². The molecule has 3 nitrogen and oxygen atoms in total. The van der Waals surface area contributed by atoms with Crippen molar-refractivity contribution in [3.05, 3.63) is 28.2 Å². The van der Waals surface area contributed by atoms with Crippen LogP contribution in [-0.2, 0) is 4.79 Å². The Morgan fingerprint density at radius 1 is 1.30 bits per heavy atom. The molecule has 0 saturated heterocycles. The molecule has 1 aliphatic rings. The third-order valence-electron chi connectivity index (χ3n) is 3.72. The molecule has 1 amide bonds. The molecule has 1 aliphatic heterocycles. The van der Waals surface area contributed by atoms with E-state index in [1.54, 1.807) is 0 Å². The highest BCUT2D eigenvalue weighted by Gasteiger charge is 2.31. The summed E-state index contributed by atoms with van der Waals surface area (Å²) < 4.78 is 0.988. The third kappa shape index (κ3) is 3.83. The molecular weight excluding hydrogens is 316 g/mol. The van der Waals surface area contributed by atoms with Gasteiger partial charge in [-0.1, -0.05) is 48.7 Å². The number of fused-ring (bicyclic) bond motifs is 1. The van der Waals surface area contributed by atoms with Gasteiger partial charge in [-0.2, -0.15) is 0 Å². The second-order valence-electron chi connectivity index (χ2n) is 6.05. The Balaban J connectivity index is 1.95. The monoisotopic (exact) mass is 338 g/mol. The number of nitrogens with one attached hydrogen (secondary N) is 2. The van der Waals surface area contributed by atoms with E-state index in [4.69, 9.17) is 0 Å². The van der Waals surface area contributed by atoms with E-state index >= 15 is 0 Å². The van der Waals surface area contributed by atoms with Crippen LogP contribution in [0.3, 0.4) is 0 Å². The largest absolute Gasteiger partial charge is 0.324 e. The SMILES string of the molecule is CC(C)CCCC(C)NC1C(=O)Nc2cc(Br)ccc21. The van der Waals surface area contributed by atoms with Gasteiger partial charge in [-0.3, -0.25) is 10.1 Å². The van der Waals surface area contributed by atoms with Crippen LogP contribution in [0.2, 0.25) is 0 Å². The Kier molecular flexibility index (Phi) is 5.22. The van der Waals surface area contributed by atoms with E-state index in [2.05, 4.69) is 47.3 Å². The van der Waals surface area contributed by atoms with Gasteiger partial charge < -0.3 is 5.32 Å². The zero-order valence-corrected chi connectivity index (χ0v) is 14.0. The zero-order valence-electron chi connectivity index (χ0n) is 12.4. The average Bonchev–Trinajstić information content (AvgIpc) is 2.64. The van der Waals surface area contributed by atoms with Gasteiger partial charge in [0.1, 0.15) is 6.04 Å². The fourth-order valence-corrected chi connectivity index (χ4v) is 2.96. The van der Waals surface area contributed by atoms with E-state index in [1.807, 2.05) is 18.2 Å². The van der Waals surface area contributed by atoms with Gasteiger partial charge in [0.2, 0.25) is 5.91 Å². The predicted molar refractivity (Wildman–Crippen MR) is 86.8 cm³/mol. The topological polar surface area (TPSA) is 41.1 Å². The minimum Gasteiger partial charge on any atom is -0.324 e. The Hall–Kier alpha value is -0.870. The highest BCUT2D eigenvalue weighted by Crippen LogP contribution is 2.33. The Morgan fingerprint density at radius 3 is 2.75 bits per heavy atom. The number of anilines is 1. The minimum absolute atomic E-state index is 0.0498. The Morgan fingerprint density at radius 2 is 2.05 bits per heavy atom. The van der Waals surface area contributed by atoms with Crippen molar-refractivity contribution in [2.45, 2.75) is 52.1 Å². The first-order chi connectivity index (χ1) is 9.47. The summed E-state index contributed by atoms with van der Waals surface area (Å²) in [5.41, 5.74) is 1.96. The highest BCUT2D eigenvalue weighted by atomic mass is 79.9. The van der Waals surface area contributed by atoms with Crippen LogP contribution in [-0.4, -0.2) is 11.9 Å². The fraction of sp³-hybridized carbons (Fsp3) is 0.562. The maximum Gasteiger partial charge on any atom is 0.246 e. The van der Waals surface area contributed by atoms with Gasteiger partial charge in [0.15, 0.2) is 0 Å². The maximum absolute atomic E-state index is 12.1. The fourth-order valence-electron chi connectivity index (χ4n) is 2.60. The molecule has 1 aromatic rings. The third-order valence-corrected chi connectivity index (χ3v) is 4.21. The van der Waals surface area contributed by atoms with Crippen molar-refractivity contribution in [1.29, 1.82) is 0 Å². The number of amides is 1. The van der Waals surface area contributed by atoms with Crippen LogP contribution in [0.1, 0.15) is 51.6 Å². The van der Waals surface area contributed by atoms with Crippen molar-refractivity contribution in [1.82, 2.24) is 5.32 Å². The molecule has 1 aromatic carbocycles. The minimum atomic E-state index is -0.216. The second-order valence-corrected chi connectivity index (χ2v) is 6.96. The van der Waals surface area contributed by atoms with Crippen molar-refractivity contribution >= 4 is 27.5 Å². The molecule has 0 aromatic heterocycles. The first-order valence-electron chi connectivity index (χ1n) is 7.33. The van der Waals surface area contributed by atoms with Gasteiger partial charge in [0.05, 0.1) is 0 Å². The lowest BCUT2D eigenvalue weighted by molar-refractivity contribution is -0.117. The van der Waals surface area contributed by atoms with E-state index in [0.717, 1.165) is 28.1 Å². The van der Waals surface area contributed by atoms with Gasteiger partial charge in [-0.25, -0.2) is 0 Å². The number of rotatable bonds is 6. The lowest BCUT2D eigenvalue weighted by Gasteiger charge is -2.19. The van der Waals surface area contributed by atoms with Crippen molar-refractivity contribution in [3.8, 4) is 0 Å². The molecule has 4 heteroatoms. The van der Waals surface area contributed by atoms with Crippen LogP contribution >= 0.6 is 15.9 Å². The van der Waals surface area contributed by atoms with Crippen molar-refractivity contribution in [2.75, 3.05) is 5.32 Å². The van der Waals surface area contributed by atoms with Gasteiger partial charge in [0.25, 0.3) is 0 Å². The summed E-state index contributed by atoms with van der Waals surface area (Å²) in [6, 6.07) is 6.08. The van der Waals surface area contributed by atoms with Gasteiger partial charge in [0, 0.05) is 21.8 Å². The first-order valence-corrected chi connectivity index (χ1v) is 8.13. The van der Waals surface area contributed by atoms with E-state index in [0.29, 0.717) is 6.04 Å². The second kappa shape index (κ2) is 6.72. The molecule has 0 radical (unpaired) electrons. The van der Waals surface area contributed by atoms with E-state index < -0.39 is 0 Å². The summed E-state index contributed by atoms with van der Waals surface area (Å²) in [6.45, 7) is 6.65. The van der Waals surface area contributed by atoms with Crippen molar-refractivity contribution < 1.29 is 4.79 Å². The molecule has 0 fully saturated rings. The quantitative estimate of drug-likeness (QED) is 0.814. The average molecular weight is 339 g/mol. The molecule has 20 heavy (non-hydrogen) atoms. The van der Waals surface area contributed by atoms with Crippen LogP contribution in [0.4, 0.5) is 5.69 Å². The number of halogens is 1. The predicted octanol–water partition coefficient (Wildman–Crippen LogP) is 4.25. The van der Waals surface area contributed by atoms with E-state index in [1.165, 1.54) is 12.8 Å². The number of carbonyl (C=O) groups excluding carboxylic acids is 1. The van der Waals surface area contributed by atoms with Crippen LogP contribution in [0.5, 0.6) is 0 Å². The molecule has 0 spiro atoms. The first kappa shape index (κ1) is 15.5. The van der Waals surface area contributed by atoms with Crippen LogP contribution < -0.4 is 10.6 Å². The molecule has 0 aliphatic carbocycles. The number of benzene rings is 1. The molecule has 0 saturated carbocycles. The van der Waals surface area contributed by atoms with Gasteiger partial charge >= 0.3 is 0 Å². The summed E-state index contributed by atoms with van der Waals surface area (Å²) in [5.74, 6) is 0.795. The smallest absolute Gasteiger partial charge is 0.246 e. The Labute approximate surface area is 129 Å². The summed E-state index contributed by atoms with van der Waals surface area (Å²) in [5, 5.41) is 6.39. The van der Waals surface area contributed by atoms with Crippen LogP contribution in [0.15, 0.2) is 22.7 Å². The number of carbonyl (C=O) groups is 1. The molecule has 2 atom stereocenters. The zero-order chi connectivity index (χ0) is 14.7. The maximum atomic E-state index is 12.1. The van der Waals surface area contributed by atoms with Gasteiger partial charge in [-0.05, 0) is 31.4 Å². The molecule has 1 heterocycles.